The van der Waals surface area contributed by atoms with Crippen LogP contribution in [0.3, 0.4) is 0 Å². The van der Waals surface area contributed by atoms with E-state index in [9.17, 15) is 18.0 Å². The minimum atomic E-state index is -3.99. The van der Waals surface area contributed by atoms with E-state index in [1.807, 2.05) is 26.8 Å². The van der Waals surface area contributed by atoms with Crippen molar-refractivity contribution in [3.05, 3.63) is 49.7 Å². The summed E-state index contributed by atoms with van der Waals surface area (Å²) >= 11 is 0. The van der Waals surface area contributed by atoms with Crippen LogP contribution >= 0.6 is 0 Å². The molecule has 1 saturated heterocycles. The molecule has 0 bridgehead atoms. The Morgan fingerprint density at radius 1 is 1.16 bits per heavy atom. The Morgan fingerprint density at radius 3 is 2.12 bits per heavy atom. The van der Waals surface area contributed by atoms with Crippen LogP contribution in [-0.2, 0) is 4.79 Å². The first kappa shape index (κ1) is 27.7. The monoisotopic (exact) mass is 453 g/mol. The van der Waals surface area contributed by atoms with Gasteiger partial charge in [0.25, 0.3) is 0 Å². The summed E-state index contributed by atoms with van der Waals surface area (Å²) in [4.78, 5) is 19.8. The number of hydrogen-bond donors (Lipinski definition) is 0. The van der Waals surface area contributed by atoms with Gasteiger partial charge in [0.2, 0.25) is 5.91 Å². The Kier molecular flexibility index (Phi) is 11.0. The van der Waals surface area contributed by atoms with Gasteiger partial charge in [0, 0.05) is 32.4 Å². The molecular weight excluding hydrogens is 415 g/mol. The lowest BCUT2D eigenvalue weighted by molar-refractivity contribution is -0.222. The number of carbonyl (C=O) groups excluding carboxylic acids is 1. The summed E-state index contributed by atoms with van der Waals surface area (Å²) in [7, 11) is 0. The molecule has 2 aliphatic rings. The normalized spacial score (nSPS) is 23.8. The van der Waals surface area contributed by atoms with Crippen LogP contribution < -0.4 is 0 Å². The van der Waals surface area contributed by atoms with Gasteiger partial charge in [-0.05, 0) is 56.6 Å². The van der Waals surface area contributed by atoms with Crippen LogP contribution in [0.25, 0.3) is 0 Å². The summed E-state index contributed by atoms with van der Waals surface area (Å²) in [5, 5.41) is 0. The number of amidine groups is 1. The van der Waals surface area contributed by atoms with Gasteiger partial charge in [-0.15, -0.1) is 6.58 Å². The summed E-state index contributed by atoms with van der Waals surface area (Å²) in [5.41, 5.74) is 0.855. The highest BCUT2D eigenvalue weighted by Crippen LogP contribution is 2.56. The third kappa shape index (κ3) is 7.99. The van der Waals surface area contributed by atoms with Gasteiger partial charge in [-0.3, -0.25) is 4.79 Å². The number of alkyl halides is 3. The fraction of sp³-hybridized carbons (Fsp3) is 0.600. The van der Waals surface area contributed by atoms with E-state index in [0.717, 1.165) is 43.8 Å². The molecule has 0 radical (unpaired) electrons. The topological polar surface area (TPSA) is 35.9 Å². The predicted molar refractivity (Wildman–Crippen MR) is 126 cm³/mol. The summed E-state index contributed by atoms with van der Waals surface area (Å²) in [6.07, 6.45) is 5.97. The summed E-state index contributed by atoms with van der Waals surface area (Å²) in [6.45, 7) is 19.9. The molecule has 0 N–H and O–H groups in total. The lowest BCUT2D eigenvalue weighted by Crippen LogP contribution is -2.50. The zero-order valence-corrected chi connectivity index (χ0v) is 19.8. The predicted octanol–water partition coefficient (Wildman–Crippen LogP) is 6.15. The molecule has 0 aromatic rings. The van der Waals surface area contributed by atoms with E-state index < -0.39 is 12.1 Å². The van der Waals surface area contributed by atoms with Crippen molar-refractivity contribution >= 4 is 11.7 Å². The highest BCUT2D eigenvalue weighted by Gasteiger charge is 2.54. The minimum absolute atomic E-state index is 0.00285. The molecule has 1 amide bonds. The van der Waals surface area contributed by atoms with E-state index in [1.54, 1.807) is 17.2 Å². The van der Waals surface area contributed by atoms with Crippen molar-refractivity contribution in [1.82, 2.24) is 9.80 Å². The molecule has 180 valence electrons. The lowest BCUT2D eigenvalue weighted by atomic mass is 9.58. The number of halogens is 3. The molecule has 7 heteroatoms. The van der Waals surface area contributed by atoms with Crippen LogP contribution in [0.4, 0.5) is 13.2 Å². The van der Waals surface area contributed by atoms with Crippen molar-refractivity contribution in [1.29, 1.82) is 0 Å². The number of hydrogen-bond acceptors (Lipinski definition) is 2. The molecule has 0 aromatic carbocycles. The third-order valence-corrected chi connectivity index (χ3v) is 5.97. The number of carbonyl (C=O) groups is 1. The second kappa shape index (κ2) is 12.7. The average molecular weight is 454 g/mol. The lowest BCUT2D eigenvalue weighted by Gasteiger charge is -2.48. The smallest absolute Gasteiger partial charge is 0.353 e. The fourth-order valence-electron chi connectivity index (χ4n) is 4.40. The first-order valence-corrected chi connectivity index (χ1v) is 11.2. The van der Waals surface area contributed by atoms with Crippen LogP contribution in [0.5, 0.6) is 0 Å². The van der Waals surface area contributed by atoms with E-state index in [1.165, 1.54) is 6.08 Å². The quantitative estimate of drug-likeness (QED) is 0.201. The van der Waals surface area contributed by atoms with E-state index in [4.69, 9.17) is 0 Å². The highest BCUT2D eigenvalue weighted by atomic mass is 19.4. The first-order valence-electron chi connectivity index (χ1n) is 11.2. The van der Waals surface area contributed by atoms with Crippen LogP contribution in [0.15, 0.2) is 54.7 Å². The Bertz CT molecular complexity index is 710. The molecule has 1 heterocycles. The average Bonchev–Trinajstić information content (AvgIpc) is 2.71. The number of allylic oxidation sites excluding steroid dienone is 2. The number of aliphatic imine (C=N–C) groups is 1. The highest BCUT2D eigenvalue weighted by molar-refractivity contribution is 5.97. The van der Waals surface area contributed by atoms with Gasteiger partial charge >= 0.3 is 6.18 Å². The van der Waals surface area contributed by atoms with E-state index in [2.05, 4.69) is 29.6 Å². The van der Waals surface area contributed by atoms with Crippen LogP contribution in [0.1, 0.15) is 52.9 Å². The van der Waals surface area contributed by atoms with Crippen molar-refractivity contribution in [2.24, 2.45) is 16.3 Å². The van der Waals surface area contributed by atoms with Gasteiger partial charge in [-0.2, -0.15) is 13.2 Å². The molecular formula is C25H38F3N3O. The standard InChI is InChI=1S/C14H21N3O.C11H17F3/c1-5-7-15-14(12(3)4)17-10-8-16(9-11-17)13(18)6-2;1-3-5-10(6-4-2)7-9(8-10)11(12,13)14/h5-7H,2-3,8-11H2,1,4H3;3,9H,1,4-8H2,2H3/b7-5-,15-14?;. The van der Waals surface area contributed by atoms with Gasteiger partial charge in [0.15, 0.2) is 0 Å². The SMILES string of the molecule is C=CC(=O)N1CCN(C(=N/C=C\C)C(=C)C)CC1.C=CCC1(CCC)CC(C(F)(F)F)C1. The van der Waals surface area contributed by atoms with Gasteiger partial charge in [0.1, 0.15) is 5.84 Å². The molecule has 4 nitrogen and oxygen atoms in total. The Hall–Kier alpha value is -2.31. The Labute approximate surface area is 191 Å². The van der Waals surface area contributed by atoms with E-state index >= 15 is 0 Å². The number of piperazine rings is 1. The molecule has 2 rings (SSSR count). The van der Waals surface area contributed by atoms with Crippen molar-refractivity contribution < 1.29 is 18.0 Å². The third-order valence-electron chi connectivity index (χ3n) is 5.97. The van der Waals surface area contributed by atoms with Crippen LogP contribution in [0, 0.1) is 11.3 Å². The maximum Gasteiger partial charge on any atom is 0.391 e. The zero-order chi connectivity index (χ0) is 24.4. The largest absolute Gasteiger partial charge is 0.391 e. The van der Waals surface area contributed by atoms with Crippen LogP contribution in [-0.4, -0.2) is 53.9 Å². The summed E-state index contributed by atoms with van der Waals surface area (Å²) in [5.74, 6) is -0.162. The maximum absolute atomic E-state index is 12.3. The molecule has 32 heavy (non-hydrogen) atoms. The fourth-order valence-corrected chi connectivity index (χ4v) is 4.40. The second-order valence-electron chi connectivity index (χ2n) is 8.62. The van der Waals surface area contributed by atoms with Crippen molar-refractivity contribution in [3.63, 3.8) is 0 Å². The van der Waals surface area contributed by atoms with Crippen molar-refractivity contribution in [2.45, 2.75) is 59.1 Å². The van der Waals surface area contributed by atoms with Crippen molar-refractivity contribution in [2.75, 3.05) is 26.2 Å². The molecule has 1 aliphatic carbocycles. The molecule has 0 aromatic heterocycles. The molecule has 0 unspecified atom stereocenters. The summed E-state index contributed by atoms with van der Waals surface area (Å²) in [6, 6.07) is 0. The Morgan fingerprint density at radius 2 is 1.72 bits per heavy atom. The molecule has 0 atom stereocenters. The van der Waals surface area contributed by atoms with Gasteiger partial charge in [0.05, 0.1) is 5.92 Å². The second-order valence-corrected chi connectivity index (χ2v) is 8.62. The molecule has 1 aliphatic heterocycles. The first-order chi connectivity index (χ1) is 15.0. The molecule has 1 saturated carbocycles. The van der Waals surface area contributed by atoms with Gasteiger partial charge < -0.3 is 9.80 Å². The molecule has 0 spiro atoms. The Balaban J connectivity index is 0.000000330. The number of rotatable bonds is 7. The maximum atomic E-state index is 12.3. The molecule has 2 fully saturated rings. The summed E-state index contributed by atoms with van der Waals surface area (Å²) < 4.78 is 36.9. The minimum Gasteiger partial charge on any atom is -0.353 e. The van der Waals surface area contributed by atoms with Gasteiger partial charge in [-0.25, -0.2) is 4.99 Å². The van der Waals surface area contributed by atoms with Crippen molar-refractivity contribution in [3.8, 4) is 0 Å². The zero-order valence-electron chi connectivity index (χ0n) is 19.8. The van der Waals surface area contributed by atoms with E-state index in [-0.39, 0.29) is 11.3 Å². The number of nitrogens with zero attached hydrogens (tertiary/aromatic N) is 3. The van der Waals surface area contributed by atoms with Crippen LogP contribution in [0.2, 0.25) is 0 Å². The van der Waals surface area contributed by atoms with Gasteiger partial charge in [-0.1, -0.05) is 38.7 Å². The number of amides is 1. The van der Waals surface area contributed by atoms with E-state index in [0.29, 0.717) is 25.9 Å².